The maximum atomic E-state index is 11.6. The summed E-state index contributed by atoms with van der Waals surface area (Å²) in [5.74, 6) is 0.221. The summed E-state index contributed by atoms with van der Waals surface area (Å²) < 4.78 is 5.63. The number of hydrogen-bond acceptors (Lipinski definition) is 4. The Labute approximate surface area is 117 Å². The van der Waals surface area contributed by atoms with Gasteiger partial charge in [-0.3, -0.25) is 4.79 Å². The molecule has 4 nitrogen and oxygen atoms in total. The fraction of sp³-hybridized carbons (Fsp3) is 0.133. The van der Waals surface area contributed by atoms with Gasteiger partial charge in [-0.05, 0) is 30.1 Å². The molecule has 2 aromatic carbocycles. The number of carbonyl (C=O) groups is 1. The van der Waals surface area contributed by atoms with Crippen molar-refractivity contribution in [2.24, 2.45) is 0 Å². The second-order valence-electron chi connectivity index (χ2n) is 4.46. The third-order valence-corrected chi connectivity index (χ3v) is 2.92. The molecule has 0 fully saturated rings. The van der Waals surface area contributed by atoms with Crippen LogP contribution in [0.25, 0.3) is 0 Å². The van der Waals surface area contributed by atoms with Crippen LogP contribution in [0.1, 0.15) is 22.8 Å². The number of rotatable bonds is 5. The standard InChI is InChI=1S/C15H15BO4/c1-11(17)14-8-7-13(16(18)19)9-15(14)20-10-12-5-3-2-4-6-12/h2-9,18-19H,10H2,1H3. The molecule has 0 saturated carbocycles. The maximum Gasteiger partial charge on any atom is 0.488 e. The minimum Gasteiger partial charge on any atom is -0.488 e. The highest BCUT2D eigenvalue weighted by molar-refractivity contribution is 6.58. The molecule has 0 amide bonds. The zero-order valence-electron chi connectivity index (χ0n) is 11.1. The van der Waals surface area contributed by atoms with Crippen LogP contribution in [0.3, 0.4) is 0 Å². The van der Waals surface area contributed by atoms with Crippen LogP contribution in [-0.4, -0.2) is 22.9 Å². The van der Waals surface area contributed by atoms with E-state index >= 15 is 0 Å². The molecule has 0 unspecified atom stereocenters. The number of Topliss-reactive ketones (excluding diaryl/α,β-unsaturated/α-hetero) is 1. The molecule has 0 atom stereocenters. The van der Waals surface area contributed by atoms with Crippen molar-refractivity contribution < 1.29 is 19.6 Å². The number of carbonyl (C=O) groups excluding carboxylic acids is 1. The Hall–Kier alpha value is -2.11. The van der Waals surface area contributed by atoms with Gasteiger partial charge < -0.3 is 14.8 Å². The lowest BCUT2D eigenvalue weighted by atomic mass is 9.79. The molecule has 0 aliphatic heterocycles. The van der Waals surface area contributed by atoms with Gasteiger partial charge in [0.05, 0.1) is 5.56 Å². The molecule has 2 rings (SSSR count). The maximum absolute atomic E-state index is 11.6. The Kier molecular flexibility index (Phi) is 4.55. The topological polar surface area (TPSA) is 66.8 Å². The molecule has 5 heteroatoms. The van der Waals surface area contributed by atoms with Gasteiger partial charge in [0.1, 0.15) is 12.4 Å². The van der Waals surface area contributed by atoms with Gasteiger partial charge in [0, 0.05) is 0 Å². The van der Waals surface area contributed by atoms with Crippen molar-refractivity contribution in [2.45, 2.75) is 13.5 Å². The summed E-state index contributed by atoms with van der Waals surface area (Å²) >= 11 is 0. The lowest BCUT2D eigenvalue weighted by molar-refractivity contribution is 0.101. The molecule has 0 heterocycles. The van der Waals surface area contributed by atoms with E-state index in [-0.39, 0.29) is 11.2 Å². The van der Waals surface area contributed by atoms with Gasteiger partial charge in [0.15, 0.2) is 5.78 Å². The summed E-state index contributed by atoms with van der Waals surface area (Å²) in [5, 5.41) is 18.4. The summed E-state index contributed by atoms with van der Waals surface area (Å²) in [7, 11) is -1.59. The predicted molar refractivity (Wildman–Crippen MR) is 77.0 cm³/mol. The molecular weight excluding hydrogens is 255 g/mol. The van der Waals surface area contributed by atoms with Crippen molar-refractivity contribution in [1.82, 2.24) is 0 Å². The van der Waals surface area contributed by atoms with E-state index < -0.39 is 7.12 Å². The third-order valence-electron chi connectivity index (χ3n) is 2.92. The first-order chi connectivity index (χ1) is 9.58. The molecule has 0 aliphatic rings. The van der Waals surface area contributed by atoms with Crippen LogP contribution in [0, 0.1) is 0 Å². The summed E-state index contributed by atoms with van der Waals surface area (Å²) in [6.45, 7) is 1.76. The minimum absolute atomic E-state index is 0.132. The number of ketones is 1. The van der Waals surface area contributed by atoms with Crippen LogP contribution in [0.2, 0.25) is 0 Å². The molecule has 20 heavy (non-hydrogen) atoms. The van der Waals surface area contributed by atoms with Gasteiger partial charge in [-0.25, -0.2) is 0 Å². The molecule has 2 N–H and O–H groups in total. The highest BCUT2D eigenvalue weighted by Gasteiger charge is 2.16. The average Bonchev–Trinajstić information content (AvgIpc) is 2.45. The van der Waals surface area contributed by atoms with Crippen molar-refractivity contribution >= 4 is 18.4 Å². The number of hydrogen-bond donors (Lipinski definition) is 2. The van der Waals surface area contributed by atoms with Crippen LogP contribution in [0.15, 0.2) is 48.5 Å². The lowest BCUT2D eigenvalue weighted by Gasteiger charge is -2.11. The van der Waals surface area contributed by atoms with E-state index in [0.29, 0.717) is 17.9 Å². The average molecular weight is 270 g/mol. The Morgan fingerprint density at radius 3 is 2.45 bits per heavy atom. The van der Waals surface area contributed by atoms with E-state index in [1.807, 2.05) is 30.3 Å². The highest BCUT2D eigenvalue weighted by Crippen LogP contribution is 2.19. The molecule has 0 aromatic heterocycles. The van der Waals surface area contributed by atoms with E-state index in [0.717, 1.165) is 5.56 Å². The van der Waals surface area contributed by atoms with Crippen LogP contribution in [0.5, 0.6) is 5.75 Å². The summed E-state index contributed by atoms with van der Waals surface area (Å²) in [5.41, 5.74) is 1.68. The van der Waals surface area contributed by atoms with Gasteiger partial charge in [-0.1, -0.05) is 36.4 Å². The van der Waals surface area contributed by atoms with Crippen molar-refractivity contribution in [3.05, 3.63) is 59.7 Å². The van der Waals surface area contributed by atoms with Crippen molar-refractivity contribution in [3.63, 3.8) is 0 Å². The van der Waals surface area contributed by atoms with E-state index in [2.05, 4.69) is 0 Å². The summed E-state index contributed by atoms with van der Waals surface area (Å²) in [6, 6.07) is 14.1. The first-order valence-electron chi connectivity index (χ1n) is 6.25. The van der Waals surface area contributed by atoms with E-state index in [1.165, 1.54) is 25.1 Å². The monoisotopic (exact) mass is 270 g/mol. The molecule has 102 valence electrons. The molecule has 0 spiro atoms. The summed E-state index contributed by atoms with van der Waals surface area (Å²) in [4.78, 5) is 11.6. The van der Waals surface area contributed by atoms with Crippen LogP contribution in [0.4, 0.5) is 0 Å². The van der Waals surface area contributed by atoms with E-state index in [1.54, 1.807) is 0 Å². The Morgan fingerprint density at radius 2 is 1.85 bits per heavy atom. The predicted octanol–water partition coefficient (Wildman–Crippen LogP) is 1.15. The largest absolute Gasteiger partial charge is 0.488 e. The quantitative estimate of drug-likeness (QED) is 0.631. The van der Waals surface area contributed by atoms with Crippen molar-refractivity contribution in [3.8, 4) is 5.75 Å². The van der Waals surface area contributed by atoms with Crippen molar-refractivity contribution in [2.75, 3.05) is 0 Å². The minimum atomic E-state index is -1.59. The second kappa shape index (κ2) is 6.37. The molecule has 2 aromatic rings. The number of ether oxygens (including phenoxy) is 1. The molecular formula is C15H15BO4. The normalized spacial score (nSPS) is 10.2. The van der Waals surface area contributed by atoms with Gasteiger partial charge in [0.2, 0.25) is 0 Å². The fourth-order valence-corrected chi connectivity index (χ4v) is 1.85. The van der Waals surface area contributed by atoms with Crippen molar-refractivity contribution in [1.29, 1.82) is 0 Å². The SMILES string of the molecule is CC(=O)c1ccc(B(O)O)cc1OCc1ccccc1. The molecule has 0 saturated heterocycles. The van der Waals surface area contributed by atoms with Gasteiger partial charge >= 0.3 is 7.12 Å². The van der Waals surface area contributed by atoms with Crippen LogP contribution >= 0.6 is 0 Å². The Morgan fingerprint density at radius 1 is 1.15 bits per heavy atom. The van der Waals surface area contributed by atoms with Gasteiger partial charge in [0.25, 0.3) is 0 Å². The first-order valence-corrected chi connectivity index (χ1v) is 6.25. The highest BCUT2D eigenvalue weighted by atomic mass is 16.5. The smallest absolute Gasteiger partial charge is 0.488 e. The van der Waals surface area contributed by atoms with Gasteiger partial charge in [-0.15, -0.1) is 0 Å². The Balaban J connectivity index is 2.24. The lowest BCUT2D eigenvalue weighted by Crippen LogP contribution is -2.30. The van der Waals surface area contributed by atoms with E-state index in [4.69, 9.17) is 4.74 Å². The zero-order chi connectivity index (χ0) is 14.5. The fourth-order valence-electron chi connectivity index (χ4n) is 1.85. The van der Waals surface area contributed by atoms with Gasteiger partial charge in [-0.2, -0.15) is 0 Å². The second-order valence-corrected chi connectivity index (χ2v) is 4.46. The molecule has 0 radical (unpaired) electrons. The Bertz CT molecular complexity index is 596. The molecule has 0 aliphatic carbocycles. The van der Waals surface area contributed by atoms with E-state index in [9.17, 15) is 14.8 Å². The zero-order valence-corrected chi connectivity index (χ0v) is 11.1. The first kappa shape index (κ1) is 14.3. The third kappa shape index (κ3) is 3.47. The number of benzene rings is 2. The summed E-state index contributed by atoms with van der Waals surface area (Å²) in [6.07, 6.45) is 0. The van der Waals surface area contributed by atoms with Crippen LogP contribution in [-0.2, 0) is 6.61 Å². The molecule has 0 bridgehead atoms. The van der Waals surface area contributed by atoms with Crippen LogP contribution < -0.4 is 10.2 Å².